The summed E-state index contributed by atoms with van der Waals surface area (Å²) >= 11 is 0. The highest BCUT2D eigenvalue weighted by Crippen LogP contribution is 2.35. The van der Waals surface area contributed by atoms with Gasteiger partial charge in [0.15, 0.2) is 12.3 Å². The molecule has 226 valence electrons. The van der Waals surface area contributed by atoms with Gasteiger partial charge in [-0.3, -0.25) is 19.2 Å². The SMILES string of the molecule is CC(C)CCN1C[C@@H]2N(C(=O)OCc3cccc4ccccc34)O[C@@H](CC(N)=O)C(=O)N2[C@@H](CC2CCCCC2)C1=O. The molecule has 5 rings (SSSR count). The third-order valence-electron chi connectivity index (χ3n) is 8.73. The number of carbonyl (C=O) groups excluding carboxylic acids is 4. The molecule has 0 radical (unpaired) electrons. The minimum absolute atomic E-state index is 0.0112. The molecule has 4 amide bonds. The molecule has 0 bridgehead atoms. The largest absolute Gasteiger partial charge is 0.443 e. The molecule has 1 aliphatic carbocycles. The zero-order valence-electron chi connectivity index (χ0n) is 24.6. The van der Waals surface area contributed by atoms with E-state index in [1.165, 1.54) is 11.3 Å². The van der Waals surface area contributed by atoms with Crippen LogP contribution in [0.1, 0.15) is 70.8 Å². The van der Waals surface area contributed by atoms with Gasteiger partial charge in [0.05, 0.1) is 13.0 Å². The van der Waals surface area contributed by atoms with Crippen molar-refractivity contribution >= 4 is 34.6 Å². The number of ether oxygens (including phenoxy) is 1. The first-order chi connectivity index (χ1) is 20.2. The second-order valence-corrected chi connectivity index (χ2v) is 12.2. The Balaban J connectivity index is 1.43. The minimum atomic E-state index is -1.31. The summed E-state index contributed by atoms with van der Waals surface area (Å²) in [5.41, 5.74) is 6.29. The third kappa shape index (κ3) is 6.53. The number of amides is 4. The molecule has 3 atom stereocenters. The first kappa shape index (κ1) is 29.8. The first-order valence-corrected chi connectivity index (χ1v) is 15.2. The van der Waals surface area contributed by atoms with E-state index in [-0.39, 0.29) is 19.1 Å². The molecule has 2 aliphatic heterocycles. The number of piperazine rings is 1. The van der Waals surface area contributed by atoms with E-state index in [0.29, 0.717) is 24.8 Å². The van der Waals surface area contributed by atoms with Crippen LogP contribution in [0.3, 0.4) is 0 Å². The van der Waals surface area contributed by atoms with Gasteiger partial charge in [0.2, 0.25) is 11.8 Å². The number of hydrogen-bond donors (Lipinski definition) is 1. The second-order valence-electron chi connectivity index (χ2n) is 12.2. The van der Waals surface area contributed by atoms with Gasteiger partial charge >= 0.3 is 6.09 Å². The molecule has 1 saturated carbocycles. The number of carbonyl (C=O) groups is 4. The van der Waals surface area contributed by atoms with Crippen LogP contribution in [0.4, 0.5) is 4.79 Å². The lowest BCUT2D eigenvalue weighted by molar-refractivity contribution is -0.267. The van der Waals surface area contributed by atoms with Crippen LogP contribution >= 0.6 is 0 Å². The summed E-state index contributed by atoms with van der Waals surface area (Å²) in [6.45, 7) is 4.80. The summed E-state index contributed by atoms with van der Waals surface area (Å²) in [7, 11) is 0. The second kappa shape index (κ2) is 13.1. The number of hydrogen-bond acceptors (Lipinski definition) is 6. The van der Waals surface area contributed by atoms with Gasteiger partial charge in [0.1, 0.15) is 12.6 Å². The van der Waals surface area contributed by atoms with Gasteiger partial charge in [-0.05, 0) is 41.0 Å². The Labute approximate surface area is 247 Å². The van der Waals surface area contributed by atoms with Gasteiger partial charge in [-0.25, -0.2) is 4.79 Å². The molecule has 0 unspecified atom stereocenters. The zero-order chi connectivity index (χ0) is 29.8. The van der Waals surface area contributed by atoms with E-state index >= 15 is 0 Å². The number of rotatable bonds is 9. The summed E-state index contributed by atoms with van der Waals surface area (Å²) < 4.78 is 5.76. The fourth-order valence-corrected chi connectivity index (χ4v) is 6.48. The lowest BCUT2D eigenvalue weighted by Crippen LogP contribution is -2.73. The summed E-state index contributed by atoms with van der Waals surface area (Å²) in [5.74, 6) is -0.667. The lowest BCUT2D eigenvalue weighted by atomic mass is 9.83. The number of hydroxylamine groups is 2. The molecule has 2 saturated heterocycles. The van der Waals surface area contributed by atoms with E-state index in [4.69, 9.17) is 15.3 Å². The lowest BCUT2D eigenvalue weighted by Gasteiger charge is -2.53. The minimum Gasteiger partial charge on any atom is -0.443 e. The van der Waals surface area contributed by atoms with Crippen LogP contribution in [0, 0.1) is 11.8 Å². The third-order valence-corrected chi connectivity index (χ3v) is 8.73. The van der Waals surface area contributed by atoms with Crippen molar-refractivity contribution in [2.24, 2.45) is 17.6 Å². The first-order valence-electron chi connectivity index (χ1n) is 15.2. The van der Waals surface area contributed by atoms with E-state index in [9.17, 15) is 19.2 Å². The number of nitrogens with zero attached hydrogens (tertiary/aromatic N) is 3. The van der Waals surface area contributed by atoms with Gasteiger partial charge < -0.3 is 20.3 Å². The maximum absolute atomic E-state index is 13.9. The van der Waals surface area contributed by atoms with Gasteiger partial charge in [0.25, 0.3) is 5.91 Å². The van der Waals surface area contributed by atoms with Gasteiger partial charge in [-0.15, -0.1) is 0 Å². The van der Waals surface area contributed by atoms with Crippen molar-refractivity contribution < 1.29 is 28.8 Å². The van der Waals surface area contributed by atoms with Crippen molar-refractivity contribution in [1.82, 2.24) is 14.9 Å². The van der Waals surface area contributed by atoms with Crippen LogP contribution in [0.2, 0.25) is 0 Å². The molecular formula is C32H42N4O6. The Bertz CT molecular complexity index is 1300. The van der Waals surface area contributed by atoms with Crippen LogP contribution in [-0.2, 0) is 30.6 Å². The molecule has 3 aliphatic rings. The molecular weight excluding hydrogens is 536 g/mol. The normalized spacial score (nSPS) is 23.4. The van der Waals surface area contributed by atoms with Crippen molar-refractivity contribution in [1.29, 1.82) is 0 Å². The number of primary amides is 1. The van der Waals surface area contributed by atoms with Gasteiger partial charge in [-0.2, -0.15) is 5.06 Å². The van der Waals surface area contributed by atoms with Gasteiger partial charge in [0, 0.05) is 6.54 Å². The maximum atomic E-state index is 13.9. The average Bonchev–Trinajstić information content (AvgIpc) is 2.98. The molecule has 3 fully saturated rings. The fourth-order valence-electron chi connectivity index (χ4n) is 6.48. The number of fused-ring (bicyclic) bond motifs is 2. The smallest absolute Gasteiger partial charge is 0.436 e. The van der Waals surface area contributed by atoms with Crippen molar-refractivity contribution in [3.05, 3.63) is 48.0 Å². The van der Waals surface area contributed by atoms with Crippen molar-refractivity contribution in [2.45, 2.75) is 90.1 Å². The van der Waals surface area contributed by atoms with Crippen LogP contribution in [0.5, 0.6) is 0 Å². The van der Waals surface area contributed by atoms with Gasteiger partial charge in [-0.1, -0.05) is 88.4 Å². The van der Waals surface area contributed by atoms with Crippen molar-refractivity contribution in [3.8, 4) is 0 Å². The topological polar surface area (TPSA) is 122 Å². The standard InChI is InChI=1S/C32H42N4O6/c1-21(2)15-16-34-19-29-35(26(30(34)38)17-22-9-4-3-5-10-22)31(39)27(18-28(33)37)42-36(29)32(40)41-20-24-13-8-12-23-11-6-7-14-25(23)24/h6-8,11-14,21-22,26-27,29H,3-5,9-10,15-20H2,1-2H3,(H2,33,37)/t26-,27-,29-/m0/s1. The molecule has 2 aromatic carbocycles. The molecule has 10 heteroatoms. The molecule has 0 aromatic heterocycles. The van der Waals surface area contributed by atoms with Crippen molar-refractivity contribution in [3.63, 3.8) is 0 Å². The summed E-state index contributed by atoms with van der Waals surface area (Å²) in [6, 6.07) is 12.9. The fraction of sp³-hybridized carbons (Fsp3) is 0.562. The molecule has 2 N–H and O–H groups in total. The van der Waals surface area contributed by atoms with Crippen molar-refractivity contribution in [2.75, 3.05) is 13.1 Å². The highest BCUT2D eigenvalue weighted by molar-refractivity contribution is 5.94. The molecule has 42 heavy (non-hydrogen) atoms. The Morgan fingerprint density at radius 2 is 1.76 bits per heavy atom. The Morgan fingerprint density at radius 1 is 1.02 bits per heavy atom. The monoisotopic (exact) mass is 578 g/mol. The Hall–Kier alpha value is -3.66. The summed E-state index contributed by atoms with van der Waals surface area (Å²) in [5, 5.41) is 3.05. The quantitative estimate of drug-likeness (QED) is 0.472. The van der Waals surface area contributed by atoms with Crippen LogP contribution in [0.15, 0.2) is 42.5 Å². The maximum Gasteiger partial charge on any atom is 0.436 e. The number of nitrogens with two attached hydrogens (primary N) is 1. The Morgan fingerprint density at radius 3 is 2.50 bits per heavy atom. The number of benzene rings is 2. The highest BCUT2D eigenvalue weighted by Gasteiger charge is 2.53. The molecule has 2 aromatic rings. The summed E-state index contributed by atoms with van der Waals surface area (Å²) in [4.78, 5) is 62.4. The van der Waals surface area contributed by atoms with E-state index < -0.39 is 42.6 Å². The predicted octanol–water partition coefficient (Wildman–Crippen LogP) is 4.35. The van der Waals surface area contributed by atoms with E-state index in [1.54, 1.807) is 4.90 Å². The molecule has 2 heterocycles. The van der Waals surface area contributed by atoms with E-state index in [2.05, 4.69) is 13.8 Å². The van der Waals surface area contributed by atoms with Crippen LogP contribution in [-0.4, -0.2) is 70.1 Å². The zero-order valence-corrected chi connectivity index (χ0v) is 24.6. The van der Waals surface area contributed by atoms with E-state index in [1.807, 2.05) is 42.5 Å². The average molecular weight is 579 g/mol. The summed E-state index contributed by atoms with van der Waals surface area (Å²) in [6.07, 6.45) is 3.30. The predicted molar refractivity (Wildman–Crippen MR) is 156 cm³/mol. The Kier molecular flexibility index (Phi) is 9.30. The van der Waals surface area contributed by atoms with Crippen LogP contribution in [0.25, 0.3) is 10.8 Å². The molecule has 0 spiro atoms. The molecule has 10 nitrogen and oxygen atoms in total. The van der Waals surface area contributed by atoms with Crippen LogP contribution < -0.4 is 5.73 Å². The highest BCUT2D eigenvalue weighted by atomic mass is 16.7. The van der Waals surface area contributed by atoms with E-state index in [0.717, 1.165) is 53.5 Å².